The van der Waals surface area contributed by atoms with E-state index in [1.54, 1.807) is 0 Å². The SMILES string of the molecule is C[C@H]1CCc2nc3ccccc3c(C(=O)OCC(=O)N(C)c3c(N)n(Cc4ccccc4)c(=O)[nH]c3=O)c2C1. The number of hydrogen-bond acceptors (Lipinski definition) is 7. The van der Waals surface area contributed by atoms with Crippen molar-refractivity contribution < 1.29 is 14.3 Å². The molecule has 2 aromatic carbocycles. The molecule has 0 unspecified atom stereocenters. The lowest BCUT2D eigenvalue weighted by atomic mass is 9.84. The largest absolute Gasteiger partial charge is 0.452 e. The van der Waals surface area contributed by atoms with E-state index in [0.717, 1.165) is 34.6 Å². The van der Waals surface area contributed by atoms with Crippen LogP contribution in [0.3, 0.4) is 0 Å². The fourth-order valence-corrected chi connectivity index (χ4v) is 5.04. The molecule has 5 rings (SSSR count). The molecule has 3 N–H and O–H groups in total. The number of esters is 1. The summed E-state index contributed by atoms with van der Waals surface area (Å²) < 4.78 is 6.67. The molecule has 2 aromatic heterocycles. The van der Waals surface area contributed by atoms with Gasteiger partial charge >= 0.3 is 11.7 Å². The van der Waals surface area contributed by atoms with Crippen LogP contribution in [0.2, 0.25) is 0 Å². The van der Waals surface area contributed by atoms with Crippen molar-refractivity contribution in [3.8, 4) is 0 Å². The van der Waals surface area contributed by atoms with Crippen molar-refractivity contribution in [3.63, 3.8) is 0 Å². The van der Waals surface area contributed by atoms with E-state index in [2.05, 4.69) is 11.9 Å². The van der Waals surface area contributed by atoms with Gasteiger partial charge in [0.15, 0.2) is 12.3 Å². The number of aryl methyl sites for hydroxylation is 1. The summed E-state index contributed by atoms with van der Waals surface area (Å²) in [7, 11) is 1.35. The van der Waals surface area contributed by atoms with Crippen molar-refractivity contribution in [2.75, 3.05) is 24.3 Å². The number of nitrogen functional groups attached to an aromatic ring is 1. The number of ether oxygens (including phenoxy) is 1. The van der Waals surface area contributed by atoms with Gasteiger partial charge in [0.1, 0.15) is 5.82 Å². The van der Waals surface area contributed by atoms with Gasteiger partial charge in [-0.05, 0) is 42.4 Å². The van der Waals surface area contributed by atoms with Crippen LogP contribution in [0.4, 0.5) is 11.5 Å². The maximum Gasteiger partial charge on any atom is 0.339 e. The Bertz CT molecular complexity index is 1690. The number of hydrogen-bond donors (Lipinski definition) is 2. The standard InChI is InChI=1S/C29H29N5O5/c1-17-12-13-22-20(14-17)24(19-10-6-7-11-21(19)31-22)28(37)39-16-23(35)33(2)25-26(30)34(29(38)32-27(25)36)15-18-8-4-3-5-9-18/h3-11,17H,12-16,30H2,1-2H3,(H,32,36,38)/t17-/m0/s1. The number of aromatic nitrogens is 3. The van der Waals surface area contributed by atoms with E-state index in [1.165, 1.54) is 11.6 Å². The number of para-hydroxylation sites is 1. The second kappa shape index (κ2) is 10.6. The van der Waals surface area contributed by atoms with Crippen LogP contribution in [-0.2, 0) is 28.9 Å². The minimum absolute atomic E-state index is 0.102. The molecule has 4 aromatic rings. The number of rotatable bonds is 6. The van der Waals surface area contributed by atoms with E-state index in [9.17, 15) is 19.2 Å². The number of carbonyl (C=O) groups is 2. The second-order valence-corrected chi connectivity index (χ2v) is 9.87. The maximum atomic E-state index is 13.4. The Labute approximate surface area is 224 Å². The molecule has 39 heavy (non-hydrogen) atoms. The van der Waals surface area contributed by atoms with Crippen molar-refractivity contribution in [1.29, 1.82) is 0 Å². The van der Waals surface area contributed by atoms with Gasteiger partial charge in [0.05, 0.1) is 17.6 Å². The van der Waals surface area contributed by atoms with Crippen LogP contribution >= 0.6 is 0 Å². The Balaban J connectivity index is 1.40. The molecule has 1 aliphatic carbocycles. The first kappa shape index (κ1) is 25.9. The third-order valence-electron chi connectivity index (χ3n) is 7.14. The van der Waals surface area contributed by atoms with Crippen molar-refractivity contribution >= 4 is 34.3 Å². The van der Waals surface area contributed by atoms with Gasteiger partial charge in [-0.3, -0.25) is 24.1 Å². The quantitative estimate of drug-likeness (QED) is 0.367. The number of benzene rings is 2. The Morgan fingerprint density at radius 3 is 2.62 bits per heavy atom. The molecule has 0 radical (unpaired) electrons. The maximum absolute atomic E-state index is 13.4. The molecule has 1 amide bonds. The van der Waals surface area contributed by atoms with Gasteiger partial charge in [0.2, 0.25) is 0 Å². The number of amides is 1. The number of H-pyrrole nitrogens is 1. The number of likely N-dealkylation sites (N-methyl/N-ethyl adjacent to an activating group) is 1. The van der Waals surface area contributed by atoms with E-state index >= 15 is 0 Å². The number of nitrogens with two attached hydrogens (primary N) is 1. The number of pyridine rings is 1. The van der Waals surface area contributed by atoms with Crippen LogP contribution in [0.5, 0.6) is 0 Å². The van der Waals surface area contributed by atoms with E-state index in [-0.39, 0.29) is 18.1 Å². The monoisotopic (exact) mass is 527 g/mol. The minimum Gasteiger partial charge on any atom is -0.452 e. The second-order valence-electron chi connectivity index (χ2n) is 9.87. The molecule has 1 atom stereocenters. The summed E-state index contributed by atoms with van der Waals surface area (Å²) in [6.45, 7) is 1.61. The van der Waals surface area contributed by atoms with Gasteiger partial charge in [-0.1, -0.05) is 55.5 Å². The van der Waals surface area contributed by atoms with E-state index in [4.69, 9.17) is 15.5 Å². The third kappa shape index (κ3) is 5.05. The molecule has 0 saturated carbocycles. The van der Waals surface area contributed by atoms with E-state index in [0.29, 0.717) is 28.8 Å². The zero-order valence-corrected chi connectivity index (χ0v) is 21.8. The summed E-state index contributed by atoms with van der Waals surface area (Å²) in [5.74, 6) is -1.08. The molecule has 0 spiro atoms. The molecule has 200 valence electrons. The fourth-order valence-electron chi connectivity index (χ4n) is 5.04. The van der Waals surface area contributed by atoms with Crippen LogP contribution < -0.4 is 21.9 Å². The van der Waals surface area contributed by atoms with E-state index in [1.807, 2.05) is 54.6 Å². The summed E-state index contributed by atoms with van der Waals surface area (Å²) >= 11 is 0. The normalized spacial score (nSPS) is 14.6. The van der Waals surface area contributed by atoms with Gasteiger partial charge in [-0.15, -0.1) is 0 Å². The predicted octanol–water partition coefficient (Wildman–Crippen LogP) is 2.66. The van der Waals surface area contributed by atoms with Gasteiger partial charge in [0.25, 0.3) is 11.5 Å². The summed E-state index contributed by atoms with van der Waals surface area (Å²) in [4.78, 5) is 59.6. The summed E-state index contributed by atoms with van der Waals surface area (Å²) in [6.07, 6.45) is 2.45. The van der Waals surface area contributed by atoms with Crippen molar-refractivity contribution in [3.05, 3.63) is 97.8 Å². The van der Waals surface area contributed by atoms with Crippen molar-refractivity contribution in [2.45, 2.75) is 32.7 Å². The predicted molar refractivity (Wildman–Crippen MR) is 148 cm³/mol. The Kier molecular flexibility index (Phi) is 7.02. The molecule has 0 fully saturated rings. The summed E-state index contributed by atoms with van der Waals surface area (Å²) in [5.41, 5.74) is 8.13. The molecule has 0 aliphatic heterocycles. The first-order chi connectivity index (χ1) is 18.7. The molecule has 10 nitrogen and oxygen atoms in total. The van der Waals surface area contributed by atoms with Gasteiger partial charge in [-0.25, -0.2) is 9.59 Å². The molecule has 1 aliphatic rings. The molecule has 0 bridgehead atoms. The van der Waals surface area contributed by atoms with Crippen LogP contribution in [0.1, 0.15) is 40.5 Å². The van der Waals surface area contributed by atoms with Crippen LogP contribution in [0.25, 0.3) is 10.9 Å². The van der Waals surface area contributed by atoms with Crippen LogP contribution in [0.15, 0.2) is 64.2 Å². The number of fused-ring (bicyclic) bond motifs is 2. The fraction of sp³-hybridized carbons (Fsp3) is 0.276. The van der Waals surface area contributed by atoms with E-state index < -0.39 is 29.7 Å². The smallest absolute Gasteiger partial charge is 0.339 e. The first-order valence-electron chi connectivity index (χ1n) is 12.7. The zero-order chi connectivity index (χ0) is 27.7. The number of anilines is 2. The zero-order valence-electron chi connectivity index (χ0n) is 21.8. The molecule has 10 heteroatoms. The third-order valence-corrected chi connectivity index (χ3v) is 7.14. The number of carbonyl (C=O) groups excluding carboxylic acids is 2. The highest BCUT2D eigenvalue weighted by Gasteiger charge is 2.28. The molecule has 0 saturated heterocycles. The highest BCUT2D eigenvalue weighted by Crippen LogP contribution is 2.32. The van der Waals surface area contributed by atoms with Gasteiger partial charge < -0.3 is 15.4 Å². The van der Waals surface area contributed by atoms with Crippen molar-refractivity contribution in [1.82, 2.24) is 14.5 Å². The van der Waals surface area contributed by atoms with Crippen molar-refractivity contribution in [2.24, 2.45) is 5.92 Å². The van der Waals surface area contributed by atoms with Gasteiger partial charge in [0, 0.05) is 18.1 Å². The van der Waals surface area contributed by atoms with Gasteiger partial charge in [-0.2, -0.15) is 0 Å². The minimum atomic E-state index is -0.813. The first-order valence-corrected chi connectivity index (χ1v) is 12.7. The Morgan fingerprint density at radius 1 is 1.13 bits per heavy atom. The summed E-state index contributed by atoms with van der Waals surface area (Å²) in [5, 5.41) is 0.671. The molecule has 2 heterocycles. The lowest BCUT2D eigenvalue weighted by molar-refractivity contribution is -0.121. The highest BCUT2D eigenvalue weighted by molar-refractivity contribution is 6.06. The van der Waals surface area contributed by atoms with Crippen LogP contribution in [-0.4, -0.2) is 40.1 Å². The van der Waals surface area contributed by atoms with Crippen LogP contribution in [0, 0.1) is 5.92 Å². The average molecular weight is 528 g/mol. The lowest BCUT2D eigenvalue weighted by Gasteiger charge is -2.24. The summed E-state index contributed by atoms with van der Waals surface area (Å²) in [6, 6.07) is 16.5. The highest BCUT2D eigenvalue weighted by atomic mass is 16.5. The molecular formula is C29H29N5O5. The molecular weight excluding hydrogens is 498 g/mol. The Hall–Kier alpha value is -4.73. The lowest BCUT2D eigenvalue weighted by Crippen LogP contribution is -2.40. The number of aromatic amines is 1. The number of nitrogens with zero attached hydrogens (tertiary/aromatic N) is 3. The topological polar surface area (TPSA) is 140 Å². The number of nitrogens with one attached hydrogen (secondary N) is 1. The Morgan fingerprint density at radius 2 is 1.85 bits per heavy atom. The average Bonchev–Trinajstić information content (AvgIpc) is 2.93.